The lowest BCUT2D eigenvalue weighted by molar-refractivity contribution is -0.144. The number of amides is 2. The van der Waals surface area contributed by atoms with Gasteiger partial charge in [0.1, 0.15) is 0 Å². The molecule has 1 saturated heterocycles. The summed E-state index contributed by atoms with van der Waals surface area (Å²) in [5.41, 5.74) is -1.55. The van der Waals surface area contributed by atoms with Crippen LogP contribution in [0.3, 0.4) is 0 Å². The molecule has 1 N–H and O–H groups in total. The number of likely N-dealkylation sites (tertiary alicyclic amines) is 1. The van der Waals surface area contributed by atoms with Crippen LogP contribution in [-0.4, -0.2) is 60.3 Å². The molecule has 1 atom stereocenters. The van der Waals surface area contributed by atoms with Gasteiger partial charge in [0, 0.05) is 14.2 Å². The molecule has 1 heterocycles. The predicted molar refractivity (Wildman–Crippen MR) is 77.3 cm³/mol. The number of halogens is 3. The largest absolute Gasteiger partial charge is 0.479 e. The van der Waals surface area contributed by atoms with Crippen molar-refractivity contribution in [3.63, 3.8) is 0 Å². The van der Waals surface area contributed by atoms with Crippen LogP contribution in [0.15, 0.2) is 24.3 Å². The van der Waals surface area contributed by atoms with E-state index < -0.39 is 35.3 Å². The molecule has 0 saturated carbocycles. The molecule has 0 aromatic heterocycles. The Bertz CT molecular complexity index is 629. The molecule has 1 aromatic carbocycles. The van der Waals surface area contributed by atoms with Crippen LogP contribution in [0.1, 0.15) is 17.2 Å². The van der Waals surface area contributed by atoms with Gasteiger partial charge in [-0.15, -0.1) is 0 Å². The lowest BCUT2D eigenvalue weighted by Crippen LogP contribution is -2.58. The number of alkyl halides is 3. The molecule has 2 amide bonds. The Kier molecular flexibility index (Phi) is 5.02. The molecule has 24 heavy (non-hydrogen) atoms. The SMILES string of the molecule is COC1CN(C(=O)N(C)C(C(=O)O)c2ccccc2C(F)(F)F)C1. The van der Waals surface area contributed by atoms with Gasteiger partial charge in [0.25, 0.3) is 0 Å². The zero-order valence-electron chi connectivity index (χ0n) is 13.1. The highest BCUT2D eigenvalue weighted by Crippen LogP contribution is 2.36. The van der Waals surface area contributed by atoms with Gasteiger partial charge < -0.3 is 19.6 Å². The first-order valence-electron chi connectivity index (χ1n) is 7.10. The molecule has 0 radical (unpaired) electrons. The summed E-state index contributed by atoms with van der Waals surface area (Å²) >= 11 is 0. The van der Waals surface area contributed by atoms with Gasteiger partial charge in [-0.3, -0.25) is 0 Å². The first kappa shape index (κ1) is 18.1. The van der Waals surface area contributed by atoms with Crippen molar-refractivity contribution in [3.05, 3.63) is 35.4 Å². The molecule has 1 fully saturated rings. The number of methoxy groups -OCH3 is 1. The Hall–Kier alpha value is -2.29. The molecule has 9 heteroatoms. The topological polar surface area (TPSA) is 70.1 Å². The molecule has 0 aliphatic carbocycles. The van der Waals surface area contributed by atoms with Crippen molar-refractivity contribution in [2.24, 2.45) is 0 Å². The highest BCUT2D eigenvalue weighted by atomic mass is 19.4. The van der Waals surface area contributed by atoms with Crippen molar-refractivity contribution in [2.75, 3.05) is 27.2 Å². The number of carbonyl (C=O) groups excluding carboxylic acids is 1. The van der Waals surface area contributed by atoms with Crippen molar-refractivity contribution in [1.29, 1.82) is 0 Å². The van der Waals surface area contributed by atoms with Gasteiger partial charge in [-0.05, 0) is 11.6 Å². The Morgan fingerprint density at radius 3 is 2.42 bits per heavy atom. The fourth-order valence-electron chi connectivity index (χ4n) is 2.58. The molecular formula is C15H17F3N2O4. The van der Waals surface area contributed by atoms with Gasteiger partial charge in [0.15, 0.2) is 6.04 Å². The van der Waals surface area contributed by atoms with E-state index in [-0.39, 0.29) is 19.2 Å². The Morgan fingerprint density at radius 2 is 1.92 bits per heavy atom. The zero-order chi connectivity index (χ0) is 18.1. The first-order chi connectivity index (χ1) is 11.2. The molecule has 0 bridgehead atoms. The number of nitrogens with zero attached hydrogens (tertiary/aromatic N) is 2. The van der Waals surface area contributed by atoms with E-state index in [4.69, 9.17) is 4.74 Å². The Balaban J connectivity index is 2.31. The van der Waals surface area contributed by atoms with E-state index >= 15 is 0 Å². The molecule has 1 unspecified atom stereocenters. The van der Waals surface area contributed by atoms with Crippen LogP contribution in [0.2, 0.25) is 0 Å². The summed E-state index contributed by atoms with van der Waals surface area (Å²) in [5, 5.41) is 9.40. The average molecular weight is 346 g/mol. The number of likely N-dealkylation sites (N-methyl/N-ethyl adjacent to an activating group) is 1. The molecule has 1 aromatic rings. The van der Waals surface area contributed by atoms with Gasteiger partial charge in [-0.25, -0.2) is 9.59 Å². The lowest BCUT2D eigenvalue weighted by Gasteiger charge is -2.41. The van der Waals surface area contributed by atoms with Crippen LogP contribution in [0.25, 0.3) is 0 Å². The molecule has 6 nitrogen and oxygen atoms in total. The number of hydrogen-bond donors (Lipinski definition) is 1. The number of aliphatic carboxylic acids is 1. The number of ether oxygens (including phenoxy) is 1. The predicted octanol–water partition coefficient (Wildman–Crippen LogP) is 2.21. The van der Waals surface area contributed by atoms with E-state index in [0.29, 0.717) is 0 Å². The quantitative estimate of drug-likeness (QED) is 0.908. The summed E-state index contributed by atoms with van der Waals surface area (Å²) in [5.74, 6) is -1.54. The number of carboxylic acid groups (broad SMARTS) is 1. The minimum absolute atomic E-state index is 0.145. The monoisotopic (exact) mass is 346 g/mol. The molecule has 0 spiro atoms. The first-order valence-corrected chi connectivity index (χ1v) is 7.10. The molecule has 1 aliphatic heterocycles. The smallest absolute Gasteiger partial charge is 0.416 e. The van der Waals surface area contributed by atoms with Crippen LogP contribution in [0.4, 0.5) is 18.0 Å². The fourth-order valence-corrected chi connectivity index (χ4v) is 2.58. The van der Waals surface area contributed by atoms with Gasteiger partial charge >= 0.3 is 18.2 Å². The number of rotatable bonds is 4. The average Bonchev–Trinajstić information content (AvgIpc) is 2.45. The number of urea groups is 1. The summed E-state index contributed by atoms with van der Waals surface area (Å²) in [6, 6.07) is 1.95. The van der Waals surface area contributed by atoms with E-state index in [0.717, 1.165) is 17.0 Å². The maximum absolute atomic E-state index is 13.1. The standard InChI is InChI=1S/C15H17F3N2O4/c1-19(14(23)20-7-9(8-20)24-2)12(13(21)22)10-5-3-4-6-11(10)15(16,17)18/h3-6,9,12H,7-8H2,1-2H3,(H,21,22). The second-order valence-electron chi connectivity index (χ2n) is 5.48. The summed E-state index contributed by atoms with van der Waals surface area (Å²) in [6.07, 6.45) is -4.86. The van der Waals surface area contributed by atoms with Crippen LogP contribution >= 0.6 is 0 Å². The van der Waals surface area contributed by atoms with Crippen molar-refractivity contribution in [3.8, 4) is 0 Å². The number of benzene rings is 1. The Morgan fingerprint density at radius 1 is 1.33 bits per heavy atom. The fraction of sp³-hybridized carbons (Fsp3) is 0.467. The highest BCUT2D eigenvalue weighted by Gasteiger charge is 2.41. The van der Waals surface area contributed by atoms with Crippen molar-refractivity contribution in [1.82, 2.24) is 9.80 Å². The molecular weight excluding hydrogens is 329 g/mol. The minimum Gasteiger partial charge on any atom is -0.479 e. The van der Waals surface area contributed by atoms with E-state index in [1.807, 2.05) is 0 Å². The van der Waals surface area contributed by atoms with E-state index in [1.54, 1.807) is 0 Å². The summed E-state index contributed by atoms with van der Waals surface area (Å²) in [4.78, 5) is 26.0. The zero-order valence-corrected chi connectivity index (χ0v) is 13.1. The minimum atomic E-state index is -4.72. The maximum Gasteiger partial charge on any atom is 0.416 e. The van der Waals surface area contributed by atoms with E-state index in [9.17, 15) is 27.9 Å². The van der Waals surface area contributed by atoms with E-state index in [1.165, 1.54) is 31.2 Å². The van der Waals surface area contributed by atoms with Gasteiger partial charge in [0.2, 0.25) is 0 Å². The van der Waals surface area contributed by atoms with Gasteiger partial charge in [0.05, 0.1) is 24.8 Å². The van der Waals surface area contributed by atoms with Crippen LogP contribution in [0.5, 0.6) is 0 Å². The second-order valence-corrected chi connectivity index (χ2v) is 5.48. The normalized spacial score (nSPS) is 16.5. The van der Waals surface area contributed by atoms with Gasteiger partial charge in [-0.2, -0.15) is 13.2 Å². The summed E-state index contributed by atoms with van der Waals surface area (Å²) < 4.78 is 44.5. The number of hydrogen-bond acceptors (Lipinski definition) is 3. The van der Waals surface area contributed by atoms with Crippen LogP contribution in [-0.2, 0) is 15.7 Å². The second kappa shape index (κ2) is 6.68. The Labute approximate surface area is 136 Å². The molecule has 132 valence electrons. The summed E-state index contributed by atoms with van der Waals surface area (Å²) in [6.45, 7) is 0.542. The highest BCUT2D eigenvalue weighted by molar-refractivity contribution is 5.84. The molecule has 1 aliphatic rings. The van der Waals surface area contributed by atoms with Crippen molar-refractivity contribution >= 4 is 12.0 Å². The van der Waals surface area contributed by atoms with Crippen LogP contribution in [0, 0.1) is 0 Å². The number of carbonyl (C=O) groups is 2. The van der Waals surface area contributed by atoms with Crippen molar-refractivity contribution in [2.45, 2.75) is 18.3 Å². The van der Waals surface area contributed by atoms with Crippen molar-refractivity contribution < 1.29 is 32.6 Å². The third-order valence-corrected chi connectivity index (χ3v) is 3.94. The summed E-state index contributed by atoms with van der Waals surface area (Å²) in [7, 11) is 2.66. The van der Waals surface area contributed by atoms with E-state index in [2.05, 4.69) is 0 Å². The third-order valence-electron chi connectivity index (χ3n) is 3.94. The number of carboxylic acids is 1. The van der Waals surface area contributed by atoms with Crippen LogP contribution < -0.4 is 0 Å². The lowest BCUT2D eigenvalue weighted by atomic mass is 9.99. The third kappa shape index (κ3) is 3.45. The van der Waals surface area contributed by atoms with Gasteiger partial charge in [-0.1, -0.05) is 18.2 Å². The molecule has 2 rings (SSSR count). The maximum atomic E-state index is 13.1.